The van der Waals surface area contributed by atoms with E-state index in [1.165, 1.54) is 6.39 Å². The fourth-order valence-corrected chi connectivity index (χ4v) is 2.43. The van der Waals surface area contributed by atoms with E-state index < -0.39 is 5.41 Å². The average Bonchev–Trinajstić information content (AvgIpc) is 3.09. The SMILES string of the molecule is NC(=NO)C1(C(=O)NCCc2ncon2)CCCC1. The summed E-state index contributed by atoms with van der Waals surface area (Å²) in [6.45, 7) is 0.388. The number of aromatic nitrogens is 2. The van der Waals surface area contributed by atoms with Crippen LogP contribution in [-0.4, -0.2) is 33.6 Å². The summed E-state index contributed by atoms with van der Waals surface area (Å²) in [7, 11) is 0. The van der Waals surface area contributed by atoms with Crippen molar-refractivity contribution in [2.45, 2.75) is 32.1 Å². The number of rotatable bonds is 5. The topological polar surface area (TPSA) is 127 Å². The quantitative estimate of drug-likeness (QED) is 0.299. The van der Waals surface area contributed by atoms with Gasteiger partial charge in [-0.15, -0.1) is 0 Å². The maximum Gasteiger partial charge on any atom is 0.233 e. The first-order valence-corrected chi connectivity index (χ1v) is 6.20. The summed E-state index contributed by atoms with van der Waals surface area (Å²) in [4.78, 5) is 16.1. The largest absolute Gasteiger partial charge is 0.409 e. The molecule has 8 heteroatoms. The van der Waals surface area contributed by atoms with Crippen LogP contribution in [0, 0.1) is 5.41 Å². The Hall–Kier alpha value is -2.12. The molecule has 104 valence electrons. The zero-order chi connectivity index (χ0) is 13.7. The van der Waals surface area contributed by atoms with Gasteiger partial charge in [0.05, 0.1) is 0 Å². The standard InChI is InChI=1S/C11H17N5O3/c12-9(15-18)11(4-1-2-5-11)10(17)13-6-3-8-14-7-19-16-8/h7,18H,1-6H2,(H2,12,15)(H,13,17). The van der Waals surface area contributed by atoms with Crippen molar-refractivity contribution in [3.05, 3.63) is 12.2 Å². The van der Waals surface area contributed by atoms with Crippen LogP contribution in [-0.2, 0) is 11.2 Å². The first kappa shape index (κ1) is 13.3. The van der Waals surface area contributed by atoms with E-state index in [1.54, 1.807) is 0 Å². The van der Waals surface area contributed by atoms with E-state index in [-0.39, 0.29) is 11.7 Å². The third-order valence-corrected chi connectivity index (χ3v) is 3.53. The zero-order valence-electron chi connectivity index (χ0n) is 10.5. The van der Waals surface area contributed by atoms with Gasteiger partial charge in [-0.05, 0) is 12.8 Å². The van der Waals surface area contributed by atoms with Gasteiger partial charge in [0.2, 0.25) is 12.3 Å². The number of nitrogens with two attached hydrogens (primary N) is 1. The monoisotopic (exact) mass is 267 g/mol. The molecule has 1 aliphatic carbocycles. The molecule has 1 aromatic heterocycles. The molecule has 0 saturated heterocycles. The lowest BCUT2D eigenvalue weighted by Crippen LogP contribution is -2.48. The lowest BCUT2D eigenvalue weighted by molar-refractivity contribution is -0.127. The van der Waals surface area contributed by atoms with Gasteiger partial charge in [0.1, 0.15) is 5.41 Å². The predicted octanol–water partition coefficient (Wildman–Crippen LogP) is 0.0351. The predicted molar refractivity (Wildman–Crippen MR) is 65.3 cm³/mol. The Balaban J connectivity index is 1.93. The van der Waals surface area contributed by atoms with Crippen molar-refractivity contribution in [2.75, 3.05) is 6.54 Å². The van der Waals surface area contributed by atoms with Gasteiger partial charge in [0.25, 0.3) is 0 Å². The first-order chi connectivity index (χ1) is 9.19. The molecule has 8 nitrogen and oxygen atoms in total. The number of oxime groups is 1. The molecular weight excluding hydrogens is 250 g/mol. The lowest BCUT2D eigenvalue weighted by Gasteiger charge is -2.25. The maximum atomic E-state index is 12.2. The molecule has 0 spiro atoms. The van der Waals surface area contributed by atoms with E-state index in [9.17, 15) is 4.79 Å². The Bertz CT molecular complexity index is 451. The Labute approximate surface area is 110 Å². The molecule has 1 saturated carbocycles. The summed E-state index contributed by atoms with van der Waals surface area (Å²) in [5.41, 5.74) is 4.81. The summed E-state index contributed by atoms with van der Waals surface area (Å²) in [6, 6.07) is 0. The lowest BCUT2D eigenvalue weighted by atomic mass is 9.84. The molecule has 0 aliphatic heterocycles. The minimum Gasteiger partial charge on any atom is -0.409 e. The van der Waals surface area contributed by atoms with Crippen LogP contribution < -0.4 is 11.1 Å². The number of hydrogen-bond acceptors (Lipinski definition) is 6. The Morgan fingerprint density at radius 3 is 2.89 bits per heavy atom. The van der Waals surface area contributed by atoms with Crippen molar-refractivity contribution < 1.29 is 14.5 Å². The number of nitrogens with zero attached hydrogens (tertiary/aromatic N) is 3. The second-order valence-electron chi connectivity index (χ2n) is 4.63. The zero-order valence-corrected chi connectivity index (χ0v) is 10.5. The molecule has 0 bridgehead atoms. The molecule has 1 amide bonds. The third-order valence-electron chi connectivity index (χ3n) is 3.53. The second-order valence-corrected chi connectivity index (χ2v) is 4.63. The van der Waals surface area contributed by atoms with Crippen molar-refractivity contribution in [3.8, 4) is 0 Å². The summed E-state index contributed by atoms with van der Waals surface area (Å²) < 4.78 is 4.60. The van der Waals surface area contributed by atoms with Crippen LogP contribution >= 0.6 is 0 Å². The highest BCUT2D eigenvalue weighted by atomic mass is 16.5. The molecule has 2 rings (SSSR count). The van der Waals surface area contributed by atoms with Crippen molar-refractivity contribution >= 4 is 11.7 Å². The number of carbonyl (C=O) groups is 1. The van der Waals surface area contributed by atoms with Gasteiger partial charge in [-0.3, -0.25) is 4.79 Å². The Kier molecular flexibility index (Phi) is 3.98. The van der Waals surface area contributed by atoms with Crippen molar-refractivity contribution in [1.29, 1.82) is 0 Å². The van der Waals surface area contributed by atoms with Crippen LogP contribution in [0.2, 0.25) is 0 Å². The van der Waals surface area contributed by atoms with Gasteiger partial charge in [-0.1, -0.05) is 23.2 Å². The minimum absolute atomic E-state index is 0.0120. The highest BCUT2D eigenvalue weighted by molar-refractivity contribution is 6.07. The second kappa shape index (κ2) is 5.68. The van der Waals surface area contributed by atoms with Crippen molar-refractivity contribution in [2.24, 2.45) is 16.3 Å². The van der Waals surface area contributed by atoms with Crippen LogP contribution in [0.1, 0.15) is 31.5 Å². The van der Waals surface area contributed by atoms with Crippen LogP contribution in [0.15, 0.2) is 16.1 Å². The Morgan fingerprint density at radius 2 is 2.32 bits per heavy atom. The summed E-state index contributed by atoms with van der Waals surface area (Å²) in [5.74, 6) is 0.315. The molecule has 1 fully saturated rings. The van der Waals surface area contributed by atoms with E-state index in [0.29, 0.717) is 31.6 Å². The summed E-state index contributed by atoms with van der Waals surface area (Å²) >= 11 is 0. The van der Waals surface area contributed by atoms with Crippen LogP contribution in [0.4, 0.5) is 0 Å². The number of nitrogens with one attached hydrogen (secondary N) is 1. The Morgan fingerprint density at radius 1 is 1.58 bits per heavy atom. The molecule has 19 heavy (non-hydrogen) atoms. The minimum atomic E-state index is -0.869. The van der Waals surface area contributed by atoms with E-state index in [1.807, 2.05) is 0 Å². The van der Waals surface area contributed by atoms with Gasteiger partial charge >= 0.3 is 0 Å². The van der Waals surface area contributed by atoms with Crippen LogP contribution in [0.5, 0.6) is 0 Å². The maximum absolute atomic E-state index is 12.2. The first-order valence-electron chi connectivity index (χ1n) is 6.20. The molecule has 0 atom stereocenters. The molecule has 1 aromatic rings. The molecule has 0 unspecified atom stereocenters. The van der Waals surface area contributed by atoms with E-state index in [2.05, 4.69) is 25.1 Å². The van der Waals surface area contributed by atoms with Gasteiger partial charge in [-0.2, -0.15) is 4.98 Å². The smallest absolute Gasteiger partial charge is 0.233 e. The van der Waals surface area contributed by atoms with Crippen molar-refractivity contribution in [3.63, 3.8) is 0 Å². The average molecular weight is 267 g/mol. The normalized spacial score (nSPS) is 18.4. The van der Waals surface area contributed by atoms with Crippen LogP contribution in [0.3, 0.4) is 0 Å². The molecular formula is C11H17N5O3. The molecule has 4 N–H and O–H groups in total. The van der Waals surface area contributed by atoms with E-state index >= 15 is 0 Å². The van der Waals surface area contributed by atoms with Gasteiger partial charge in [0.15, 0.2) is 11.7 Å². The van der Waals surface area contributed by atoms with Crippen LogP contribution in [0.25, 0.3) is 0 Å². The summed E-state index contributed by atoms with van der Waals surface area (Å²) in [5, 5.41) is 18.3. The summed E-state index contributed by atoms with van der Waals surface area (Å²) in [6.07, 6.45) is 4.73. The number of amides is 1. The molecule has 1 aliphatic rings. The fourth-order valence-electron chi connectivity index (χ4n) is 2.43. The highest BCUT2D eigenvalue weighted by Crippen LogP contribution is 2.38. The van der Waals surface area contributed by atoms with Gasteiger partial charge < -0.3 is 20.8 Å². The van der Waals surface area contributed by atoms with Crippen molar-refractivity contribution in [1.82, 2.24) is 15.5 Å². The fraction of sp³-hybridized carbons (Fsp3) is 0.636. The third kappa shape index (κ3) is 2.67. The number of carbonyl (C=O) groups excluding carboxylic acids is 1. The van der Waals surface area contributed by atoms with E-state index in [4.69, 9.17) is 10.9 Å². The molecule has 1 heterocycles. The number of hydrogen-bond donors (Lipinski definition) is 3. The number of amidine groups is 1. The molecule has 0 radical (unpaired) electrons. The molecule has 0 aromatic carbocycles. The van der Waals surface area contributed by atoms with E-state index in [0.717, 1.165) is 12.8 Å². The van der Waals surface area contributed by atoms with Gasteiger partial charge in [-0.25, -0.2) is 0 Å². The highest BCUT2D eigenvalue weighted by Gasteiger charge is 2.45. The van der Waals surface area contributed by atoms with Gasteiger partial charge in [0, 0.05) is 13.0 Å².